The number of carbonyl (C=O) groups excluding carboxylic acids is 2. The third kappa shape index (κ3) is 11.1. The van der Waals surface area contributed by atoms with Gasteiger partial charge in [0, 0.05) is 73.8 Å². The van der Waals surface area contributed by atoms with E-state index < -0.39 is 46.6 Å². The van der Waals surface area contributed by atoms with E-state index in [9.17, 15) is 38.1 Å². The first-order valence-corrected chi connectivity index (χ1v) is 19.0. The highest BCUT2D eigenvalue weighted by atomic mass is 32.2. The number of aliphatic hydroxyl groups excluding tert-OH is 3. The zero-order valence-electron chi connectivity index (χ0n) is 29.6. The number of amides is 2. The maximum atomic E-state index is 13.0. The number of nitrogens with zero attached hydrogens (tertiary/aromatic N) is 1. The molecule has 0 spiro atoms. The Kier molecular flexibility index (Phi) is 15.2. The number of aromatic amines is 1. The summed E-state index contributed by atoms with van der Waals surface area (Å²) in [5.41, 5.74) is 0.924. The maximum absolute atomic E-state index is 13.0. The van der Waals surface area contributed by atoms with Crippen molar-refractivity contribution >= 4 is 38.3 Å². The van der Waals surface area contributed by atoms with Gasteiger partial charge in [-0.25, -0.2) is 13.1 Å². The molecule has 2 amide bonds. The summed E-state index contributed by atoms with van der Waals surface area (Å²) in [6.07, 6.45) is 1.34. The van der Waals surface area contributed by atoms with Gasteiger partial charge in [-0.1, -0.05) is 48.9 Å². The number of unbranched alkanes of at least 4 members (excludes halogenated alkanes) is 4. The molecule has 14 nitrogen and oxygen atoms in total. The first-order valence-electron chi connectivity index (χ1n) is 17.5. The maximum Gasteiger partial charge on any atom is 0.253 e. The van der Waals surface area contributed by atoms with Gasteiger partial charge in [-0.3, -0.25) is 14.4 Å². The van der Waals surface area contributed by atoms with E-state index in [0.29, 0.717) is 56.0 Å². The molecule has 0 unspecified atom stereocenters. The van der Waals surface area contributed by atoms with E-state index in [1.54, 1.807) is 12.1 Å². The Morgan fingerprint density at radius 1 is 0.904 bits per heavy atom. The lowest BCUT2D eigenvalue weighted by atomic mass is 10.0. The average molecular weight is 740 g/mol. The normalized spacial score (nSPS) is 18.5. The fraction of sp³-hybridized carbons (Fsp3) is 0.486. The molecular weight excluding hydrogens is 691 g/mol. The van der Waals surface area contributed by atoms with Crippen molar-refractivity contribution in [3.05, 3.63) is 70.1 Å². The Labute approximate surface area is 304 Å². The van der Waals surface area contributed by atoms with E-state index in [1.165, 1.54) is 12.3 Å². The minimum absolute atomic E-state index is 0.0575. The number of aromatic nitrogens is 1. The molecule has 2 aromatic carbocycles. The number of nitrogens with one attached hydrogen (secondary N) is 4. The molecule has 7 N–H and O–H groups in total. The van der Waals surface area contributed by atoms with E-state index in [1.807, 2.05) is 43.3 Å². The molecule has 4 atom stereocenters. The van der Waals surface area contributed by atoms with Crippen LogP contribution in [0.4, 0.5) is 5.69 Å². The lowest BCUT2D eigenvalue weighted by Crippen LogP contribution is -2.33. The van der Waals surface area contributed by atoms with Crippen LogP contribution in [0.5, 0.6) is 0 Å². The van der Waals surface area contributed by atoms with Gasteiger partial charge < -0.3 is 40.6 Å². The molecule has 1 saturated heterocycles. The third-order valence-corrected chi connectivity index (χ3v) is 10.3. The fourth-order valence-electron chi connectivity index (χ4n) is 5.98. The van der Waals surface area contributed by atoms with Crippen molar-refractivity contribution < 1.29 is 38.1 Å². The molecule has 0 saturated carbocycles. The molecule has 4 rings (SSSR count). The molecule has 3 aromatic rings. The van der Waals surface area contributed by atoms with Gasteiger partial charge in [-0.05, 0) is 43.9 Å². The number of anilines is 1. The van der Waals surface area contributed by atoms with Crippen LogP contribution in [-0.4, -0.2) is 99.2 Å². The SMILES string of the molecule is CN(C)c1cccc2c(S(=O)(=O)NCCCCCC(=O)NCCCCCC(=O)NCC#Cc3c[nH]c(=O)c([C@@H]4O[C@H](CO)[C@@H](O)[C@H]4O)c3)cccc12. The molecule has 0 aliphatic carbocycles. The Bertz CT molecular complexity index is 1900. The summed E-state index contributed by atoms with van der Waals surface area (Å²) >= 11 is 0. The van der Waals surface area contributed by atoms with Crippen LogP contribution in [0.15, 0.2) is 58.4 Å². The van der Waals surface area contributed by atoms with Gasteiger partial charge in [0.15, 0.2) is 0 Å². The number of carbonyl (C=O) groups is 2. The molecule has 1 aliphatic rings. The molecule has 0 radical (unpaired) electrons. The molecule has 15 heteroatoms. The highest BCUT2D eigenvalue weighted by Gasteiger charge is 2.44. The zero-order valence-corrected chi connectivity index (χ0v) is 30.4. The minimum atomic E-state index is -3.69. The summed E-state index contributed by atoms with van der Waals surface area (Å²) in [5.74, 6) is 5.42. The van der Waals surface area contributed by atoms with Crippen molar-refractivity contribution in [2.75, 3.05) is 45.2 Å². The van der Waals surface area contributed by atoms with Crippen LogP contribution in [0.3, 0.4) is 0 Å². The summed E-state index contributed by atoms with van der Waals surface area (Å²) in [5, 5.41) is 36.6. The first-order chi connectivity index (χ1) is 24.9. The fourth-order valence-corrected chi connectivity index (χ4v) is 7.28. The van der Waals surface area contributed by atoms with E-state index in [2.05, 4.69) is 32.2 Å². The molecule has 282 valence electrons. The number of sulfonamides is 1. The summed E-state index contributed by atoms with van der Waals surface area (Å²) in [6, 6.07) is 12.3. The first kappa shape index (κ1) is 40.5. The van der Waals surface area contributed by atoms with Crippen LogP contribution in [0.1, 0.15) is 68.6 Å². The highest BCUT2D eigenvalue weighted by molar-refractivity contribution is 7.89. The van der Waals surface area contributed by atoms with Gasteiger partial charge in [0.05, 0.1) is 18.0 Å². The van der Waals surface area contributed by atoms with Gasteiger partial charge in [0.25, 0.3) is 5.56 Å². The number of aliphatic hydroxyl groups is 3. The van der Waals surface area contributed by atoms with Gasteiger partial charge in [-0.2, -0.15) is 0 Å². The largest absolute Gasteiger partial charge is 0.394 e. The summed E-state index contributed by atoms with van der Waals surface area (Å²) in [7, 11) is 0.144. The molecule has 1 fully saturated rings. The Balaban J connectivity index is 1.04. The van der Waals surface area contributed by atoms with Crippen LogP contribution >= 0.6 is 0 Å². The third-order valence-electron chi connectivity index (χ3n) is 8.79. The number of H-pyrrole nitrogens is 1. The average Bonchev–Trinajstić information content (AvgIpc) is 3.41. The van der Waals surface area contributed by atoms with Crippen LogP contribution in [0.2, 0.25) is 0 Å². The van der Waals surface area contributed by atoms with E-state index in [0.717, 1.165) is 23.9 Å². The topological polar surface area (TPSA) is 210 Å². The van der Waals surface area contributed by atoms with E-state index >= 15 is 0 Å². The van der Waals surface area contributed by atoms with Crippen molar-refractivity contribution in [3.8, 4) is 11.8 Å². The Morgan fingerprint density at radius 3 is 2.27 bits per heavy atom. The van der Waals surface area contributed by atoms with E-state index in [4.69, 9.17) is 4.74 Å². The smallest absolute Gasteiger partial charge is 0.253 e. The van der Waals surface area contributed by atoms with Crippen LogP contribution < -0.4 is 25.8 Å². The van der Waals surface area contributed by atoms with Gasteiger partial charge >= 0.3 is 0 Å². The molecule has 52 heavy (non-hydrogen) atoms. The standard InChI is InChI=1S/C37H49N5O9S/c1-42(2)29-15-9-14-27-26(29)13-10-16-31(27)52(49,50)41-21-8-4-6-18-32(44)38-19-7-3-5-17-33(45)39-20-11-12-25-22-28(37(48)40-23-25)36-35(47)34(46)30(24-43)51-36/h9-10,13-16,22-23,30,34-36,41,43,46-47H,3-8,17-21,24H2,1-2H3,(H,38,44)(H,39,45)(H,40,48)/t30-,34-,35-,36+/m1/s1. The predicted molar refractivity (Wildman–Crippen MR) is 197 cm³/mol. The van der Waals surface area contributed by atoms with Gasteiger partial charge in [0.2, 0.25) is 21.8 Å². The molecular formula is C37H49N5O9S. The number of fused-ring (bicyclic) bond motifs is 1. The van der Waals surface area contributed by atoms with Crippen molar-refractivity contribution in [1.82, 2.24) is 20.3 Å². The number of ether oxygens (including phenoxy) is 1. The molecule has 1 aromatic heterocycles. The van der Waals surface area contributed by atoms with Crippen molar-refractivity contribution in [3.63, 3.8) is 0 Å². The number of rotatable bonds is 18. The molecule has 0 bridgehead atoms. The number of hydrogen-bond acceptors (Lipinski definition) is 10. The van der Waals surface area contributed by atoms with Crippen LogP contribution in [0.25, 0.3) is 10.8 Å². The van der Waals surface area contributed by atoms with E-state index in [-0.39, 0.29) is 35.4 Å². The quantitative estimate of drug-likeness (QED) is 0.0737. The zero-order chi connectivity index (χ0) is 37.7. The van der Waals surface area contributed by atoms with Crippen molar-refractivity contribution in [2.24, 2.45) is 0 Å². The minimum Gasteiger partial charge on any atom is -0.394 e. The summed E-state index contributed by atoms with van der Waals surface area (Å²) in [4.78, 5) is 41.4. The monoisotopic (exact) mass is 739 g/mol. The number of benzene rings is 2. The second-order valence-electron chi connectivity index (χ2n) is 12.9. The lowest BCUT2D eigenvalue weighted by Gasteiger charge is -2.17. The summed E-state index contributed by atoms with van der Waals surface area (Å²) in [6.45, 7) is 0.376. The van der Waals surface area contributed by atoms with Crippen molar-refractivity contribution in [1.29, 1.82) is 0 Å². The predicted octanol–water partition coefficient (Wildman–Crippen LogP) is 1.43. The van der Waals surface area contributed by atoms with Gasteiger partial charge in [-0.15, -0.1) is 0 Å². The van der Waals surface area contributed by atoms with Crippen LogP contribution in [-0.2, 0) is 24.3 Å². The highest BCUT2D eigenvalue weighted by Crippen LogP contribution is 2.32. The number of pyridine rings is 1. The van der Waals surface area contributed by atoms with Crippen molar-refractivity contribution in [2.45, 2.75) is 80.7 Å². The molecule has 2 heterocycles. The lowest BCUT2D eigenvalue weighted by molar-refractivity contribution is -0.122. The molecule has 1 aliphatic heterocycles. The Morgan fingerprint density at radius 2 is 1.58 bits per heavy atom. The second-order valence-corrected chi connectivity index (χ2v) is 14.6. The second kappa shape index (κ2) is 19.5. The number of hydrogen-bond donors (Lipinski definition) is 7. The summed E-state index contributed by atoms with van der Waals surface area (Å²) < 4.78 is 34.2. The Hall–Kier alpha value is -4.30. The van der Waals surface area contributed by atoms with Crippen LogP contribution in [0, 0.1) is 11.8 Å². The van der Waals surface area contributed by atoms with Gasteiger partial charge in [0.1, 0.15) is 24.4 Å².